The highest BCUT2D eigenvalue weighted by Crippen LogP contribution is 2.39. The highest BCUT2D eigenvalue weighted by Gasteiger charge is 2.31. The SMILES string of the molecule is Cc1ccc(C2CSCCN2Cc2noc(C3CC3)n2)cc1. The van der Waals surface area contributed by atoms with Crippen LogP contribution in [0.2, 0.25) is 0 Å². The zero-order valence-electron chi connectivity index (χ0n) is 12.9. The fraction of sp³-hybridized carbons (Fsp3) is 0.529. The van der Waals surface area contributed by atoms with Gasteiger partial charge in [0.1, 0.15) is 0 Å². The zero-order chi connectivity index (χ0) is 14.9. The molecule has 2 fully saturated rings. The third kappa shape index (κ3) is 3.06. The Morgan fingerprint density at radius 2 is 2.09 bits per heavy atom. The van der Waals surface area contributed by atoms with Crippen LogP contribution in [0.25, 0.3) is 0 Å². The van der Waals surface area contributed by atoms with Crippen LogP contribution >= 0.6 is 11.8 Å². The first-order chi connectivity index (χ1) is 10.8. The van der Waals surface area contributed by atoms with E-state index in [-0.39, 0.29) is 0 Å². The molecule has 2 heterocycles. The normalized spacial score (nSPS) is 22.9. The van der Waals surface area contributed by atoms with Crippen molar-refractivity contribution in [3.8, 4) is 0 Å². The lowest BCUT2D eigenvalue weighted by molar-refractivity contribution is 0.204. The van der Waals surface area contributed by atoms with Crippen LogP contribution in [0.4, 0.5) is 0 Å². The zero-order valence-corrected chi connectivity index (χ0v) is 13.7. The van der Waals surface area contributed by atoms with E-state index in [1.165, 1.54) is 29.7 Å². The van der Waals surface area contributed by atoms with Crippen LogP contribution in [-0.2, 0) is 6.54 Å². The summed E-state index contributed by atoms with van der Waals surface area (Å²) in [7, 11) is 0. The van der Waals surface area contributed by atoms with Crippen molar-refractivity contribution < 1.29 is 4.52 Å². The van der Waals surface area contributed by atoms with Crippen LogP contribution in [0, 0.1) is 6.92 Å². The van der Waals surface area contributed by atoms with E-state index < -0.39 is 0 Å². The fourth-order valence-electron chi connectivity index (χ4n) is 2.93. The molecule has 0 bridgehead atoms. The van der Waals surface area contributed by atoms with Crippen molar-refractivity contribution in [3.05, 3.63) is 47.1 Å². The van der Waals surface area contributed by atoms with Gasteiger partial charge in [0.05, 0.1) is 6.54 Å². The molecule has 1 aromatic carbocycles. The molecule has 5 heteroatoms. The molecule has 0 spiro atoms. The lowest BCUT2D eigenvalue weighted by Gasteiger charge is -2.34. The van der Waals surface area contributed by atoms with Gasteiger partial charge < -0.3 is 4.52 Å². The molecular formula is C17H21N3OS. The minimum absolute atomic E-state index is 0.447. The highest BCUT2D eigenvalue weighted by atomic mass is 32.2. The number of hydrogen-bond acceptors (Lipinski definition) is 5. The number of thioether (sulfide) groups is 1. The van der Waals surface area contributed by atoms with Gasteiger partial charge in [0.2, 0.25) is 5.89 Å². The lowest BCUT2D eigenvalue weighted by Crippen LogP contribution is -2.36. The Morgan fingerprint density at radius 3 is 2.86 bits per heavy atom. The summed E-state index contributed by atoms with van der Waals surface area (Å²) in [5.74, 6) is 4.52. The van der Waals surface area contributed by atoms with Gasteiger partial charge in [-0.2, -0.15) is 16.7 Å². The predicted octanol–water partition coefficient (Wildman–Crippen LogP) is 3.55. The van der Waals surface area contributed by atoms with E-state index in [4.69, 9.17) is 4.52 Å². The van der Waals surface area contributed by atoms with Crippen LogP contribution in [0.5, 0.6) is 0 Å². The van der Waals surface area contributed by atoms with Crippen molar-refractivity contribution in [1.82, 2.24) is 15.0 Å². The van der Waals surface area contributed by atoms with Gasteiger partial charge in [-0.1, -0.05) is 35.0 Å². The molecule has 1 aromatic heterocycles. The summed E-state index contributed by atoms with van der Waals surface area (Å²) < 4.78 is 5.39. The Labute approximate surface area is 135 Å². The molecule has 1 unspecified atom stereocenters. The number of aromatic nitrogens is 2. The maximum atomic E-state index is 5.39. The molecule has 4 nitrogen and oxygen atoms in total. The second-order valence-corrected chi connectivity index (χ2v) is 7.44. The van der Waals surface area contributed by atoms with E-state index in [1.807, 2.05) is 11.8 Å². The summed E-state index contributed by atoms with van der Waals surface area (Å²) in [5.41, 5.74) is 2.70. The third-order valence-electron chi connectivity index (χ3n) is 4.46. The molecule has 22 heavy (non-hydrogen) atoms. The maximum Gasteiger partial charge on any atom is 0.229 e. The quantitative estimate of drug-likeness (QED) is 0.863. The van der Waals surface area contributed by atoms with E-state index in [9.17, 15) is 0 Å². The van der Waals surface area contributed by atoms with Gasteiger partial charge >= 0.3 is 0 Å². The molecule has 1 aliphatic heterocycles. The number of rotatable bonds is 4. The van der Waals surface area contributed by atoms with Crippen molar-refractivity contribution in [3.63, 3.8) is 0 Å². The number of nitrogens with zero attached hydrogens (tertiary/aromatic N) is 3. The van der Waals surface area contributed by atoms with Gasteiger partial charge in [-0.15, -0.1) is 0 Å². The Hall–Kier alpha value is -1.33. The minimum Gasteiger partial charge on any atom is -0.339 e. The fourth-order valence-corrected chi connectivity index (χ4v) is 4.09. The van der Waals surface area contributed by atoms with Crippen molar-refractivity contribution in [2.24, 2.45) is 0 Å². The van der Waals surface area contributed by atoms with Gasteiger partial charge in [-0.3, -0.25) is 4.90 Å². The molecular weight excluding hydrogens is 294 g/mol. The molecule has 0 amide bonds. The van der Waals surface area contributed by atoms with Crippen molar-refractivity contribution >= 4 is 11.8 Å². The van der Waals surface area contributed by atoms with E-state index in [1.54, 1.807) is 0 Å². The molecule has 0 radical (unpaired) electrons. The topological polar surface area (TPSA) is 42.2 Å². The molecule has 1 saturated carbocycles. The van der Waals surface area contributed by atoms with E-state index in [0.29, 0.717) is 12.0 Å². The van der Waals surface area contributed by atoms with Crippen LogP contribution in [0.1, 0.15) is 47.6 Å². The molecule has 1 atom stereocenters. The second-order valence-electron chi connectivity index (χ2n) is 6.29. The maximum absolute atomic E-state index is 5.39. The minimum atomic E-state index is 0.447. The van der Waals surface area contributed by atoms with Crippen LogP contribution in [-0.4, -0.2) is 33.1 Å². The molecule has 2 aromatic rings. The molecule has 0 N–H and O–H groups in total. The molecule has 1 saturated heterocycles. The van der Waals surface area contributed by atoms with Crippen LogP contribution < -0.4 is 0 Å². The second kappa shape index (κ2) is 6.05. The average molecular weight is 315 g/mol. The Balaban J connectivity index is 1.50. The summed E-state index contributed by atoms with van der Waals surface area (Å²) in [6.07, 6.45) is 2.40. The monoisotopic (exact) mass is 315 g/mol. The van der Waals surface area contributed by atoms with Gasteiger partial charge in [-0.25, -0.2) is 0 Å². The summed E-state index contributed by atoms with van der Waals surface area (Å²) >= 11 is 2.03. The number of benzene rings is 1. The van der Waals surface area contributed by atoms with Crippen LogP contribution in [0.3, 0.4) is 0 Å². The first kappa shape index (κ1) is 14.3. The van der Waals surface area contributed by atoms with Gasteiger partial charge in [0.15, 0.2) is 5.82 Å². The predicted molar refractivity (Wildman–Crippen MR) is 87.9 cm³/mol. The first-order valence-corrected chi connectivity index (χ1v) is 9.16. The number of aryl methyl sites for hydroxylation is 1. The van der Waals surface area contributed by atoms with E-state index in [2.05, 4.69) is 46.2 Å². The Morgan fingerprint density at radius 1 is 1.27 bits per heavy atom. The molecule has 4 rings (SSSR count). The van der Waals surface area contributed by atoms with E-state index in [0.717, 1.165) is 30.6 Å². The summed E-state index contributed by atoms with van der Waals surface area (Å²) in [6, 6.07) is 9.36. The van der Waals surface area contributed by atoms with E-state index >= 15 is 0 Å². The lowest BCUT2D eigenvalue weighted by atomic mass is 10.0. The number of hydrogen-bond donors (Lipinski definition) is 0. The smallest absolute Gasteiger partial charge is 0.229 e. The summed E-state index contributed by atoms with van der Waals surface area (Å²) in [6.45, 7) is 4.00. The van der Waals surface area contributed by atoms with Gasteiger partial charge in [-0.05, 0) is 25.3 Å². The van der Waals surface area contributed by atoms with Crippen molar-refractivity contribution in [1.29, 1.82) is 0 Å². The Bertz CT molecular complexity index is 636. The molecule has 2 aliphatic rings. The van der Waals surface area contributed by atoms with Crippen LogP contribution in [0.15, 0.2) is 28.8 Å². The van der Waals surface area contributed by atoms with Gasteiger partial charge in [0.25, 0.3) is 0 Å². The first-order valence-electron chi connectivity index (χ1n) is 8.00. The standard InChI is InChI=1S/C17H21N3OS/c1-12-2-4-13(5-3-12)15-11-22-9-8-20(15)10-16-18-17(21-19-16)14-6-7-14/h2-5,14-15H,6-11H2,1H3. The molecule has 116 valence electrons. The molecule has 1 aliphatic carbocycles. The highest BCUT2D eigenvalue weighted by molar-refractivity contribution is 7.99. The van der Waals surface area contributed by atoms with Gasteiger partial charge in [0, 0.05) is 30.0 Å². The summed E-state index contributed by atoms with van der Waals surface area (Å²) in [5, 5.41) is 4.18. The van der Waals surface area contributed by atoms with Crippen molar-refractivity contribution in [2.45, 2.75) is 38.3 Å². The summed E-state index contributed by atoms with van der Waals surface area (Å²) in [4.78, 5) is 7.07. The third-order valence-corrected chi connectivity index (χ3v) is 5.48. The largest absolute Gasteiger partial charge is 0.339 e. The average Bonchev–Trinajstić information content (AvgIpc) is 3.29. The van der Waals surface area contributed by atoms with Crippen molar-refractivity contribution in [2.75, 3.05) is 18.1 Å². The Kier molecular flexibility index (Phi) is 3.92.